The Bertz CT molecular complexity index is 1010. The summed E-state index contributed by atoms with van der Waals surface area (Å²) in [6, 6.07) is 13.1. The van der Waals surface area contributed by atoms with Gasteiger partial charge in [-0.25, -0.2) is 10.4 Å². The fourth-order valence-electron chi connectivity index (χ4n) is 3.29. The zero-order chi connectivity index (χ0) is 21.3. The molecule has 2 atom stereocenters. The zero-order valence-electron chi connectivity index (χ0n) is 16.6. The van der Waals surface area contributed by atoms with E-state index in [1.165, 1.54) is 11.8 Å². The monoisotopic (exact) mass is 443 g/mol. The molecule has 0 aromatic heterocycles. The highest BCUT2D eigenvalue weighted by Crippen LogP contribution is 2.31. The minimum atomic E-state index is -0.350. The van der Waals surface area contributed by atoms with Gasteiger partial charge < -0.3 is 5.32 Å². The minimum absolute atomic E-state index is 0.0751. The summed E-state index contributed by atoms with van der Waals surface area (Å²) in [7, 11) is 0. The van der Waals surface area contributed by atoms with Crippen LogP contribution in [0.4, 0.5) is 11.4 Å². The molecule has 2 aromatic rings. The molecule has 1 saturated heterocycles. The molecule has 0 aliphatic carbocycles. The molecule has 2 heterocycles. The van der Waals surface area contributed by atoms with Gasteiger partial charge >= 0.3 is 0 Å². The van der Waals surface area contributed by atoms with Crippen LogP contribution >= 0.6 is 23.4 Å². The standard InChI is InChI=1S/C21H22ClN5O2S/c1-12-3-6-14(7-4-12)24-18(28)11-30-21-25-19-16(10-23-26-19)20(29)27(21)15-8-5-13(2)17(22)9-15/h3-9,16,19,23,26H,10-11H2,1-2H3,(H,24,28). The van der Waals surface area contributed by atoms with Gasteiger partial charge in [-0.2, -0.15) is 0 Å². The fourth-order valence-corrected chi connectivity index (χ4v) is 4.31. The number of carbonyl (C=O) groups is 2. The Morgan fingerprint density at radius 3 is 2.77 bits per heavy atom. The SMILES string of the molecule is Cc1ccc(NC(=O)CSC2=NC3NNCC3C(=O)N2c2ccc(C)c(Cl)c2)cc1. The van der Waals surface area contributed by atoms with Gasteiger partial charge in [-0.3, -0.25) is 19.9 Å². The lowest BCUT2D eigenvalue weighted by atomic mass is 10.0. The van der Waals surface area contributed by atoms with Gasteiger partial charge in [0, 0.05) is 17.3 Å². The van der Waals surface area contributed by atoms with Crippen molar-refractivity contribution in [3.8, 4) is 0 Å². The second kappa shape index (κ2) is 8.77. The highest BCUT2D eigenvalue weighted by atomic mass is 35.5. The van der Waals surface area contributed by atoms with E-state index in [1.54, 1.807) is 11.0 Å². The summed E-state index contributed by atoms with van der Waals surface area (Å²) in [6.45, 7) is 4.39. The quantitative estimate of drug-likeness (QED) is 0.676. The maximum absolute atomic E-state index is 13.2. The van der Waals surface area contributed by atoms with E-state index in [0.29, 0.717) is 22.4 Å². The van der Waals surface area contributed by atoms with Gasteiger partial charge in [-0.1, -0.05) is 47.1 Å². The number of anilines is 2. The molecule has 1 fully saturated rings. The Balaban J connectivity index is 1.53. The Morgan fingerprint density at radius 1 is 1.27 bits per heavy atom. The Kier molecular flexibility index (Phi) is 6.10. The van der Waals surface area contributed by atoms with Crippen LogP contribution in [0.1, 0.15) is 11.1 Å². The summed E-state index contributed by atoms with van der Waals surface area (Å²) < 4.78 is 0. The first kappa shape index (κ1) is 20.9. The number of hydrogen-bond donors (Lipinski definition) is 3. The molecule has 2 unspecified atom stereocenters. The number of rotatable bonds is 4. The molecule has 156 valence electrons. The van der Waals surface area contributed by atoms with E-state index in [9.17, 15) is 9.59 Å². The maximum Gasteiger partial charge on any atom is 0.241 e. The molecule has 2 aliphatic rings. The van der Waals surface area contributed by atoms with E-state index in [0.717, 1.165) is 16.8 Å². The molecule has 0 bridgehead atoms. The zero-order valence-corrected chi connectivity index (χ0v) is 18.2. The number of thioether (sulfide) groups is 1. The largest absolute Gasteiger partial charge is 0.325 e. The molecular weight excluding hydrogens is 422 g/mol. The molecule has 4 rings (SSSR count). The first-order chi connectivity index (χ1) is 14.4. The van der Waals surface area contributed by atoms with Crippen molar-refractivity contribution in [2.75, 3.05) is 22.5 Å². The summed E-state index contributed by atoms with van der Waals surface area (Å²) >= 11 is 7.52. The number of amides is 2. The number of aryl methyl sites for hydroxylation is 2. The lowest BCUT2D eigenvalue weighted by molar-refractivity contribution is -0.121. The van der Waals surface area contributed by atoms with Crippen LogP contribution in [-0.4, -0.2) is 35.4 Å². The van der Waals surface area contributed by atoms with Crippen LogP contribution in [0.3, 0.4) is 0 Å². The molecule has 3 N–H and O–H groups in total. The average Bonchev–Trinajstić information content (AvgIpc) is 3.19. The summed E-state index contributed by atoms with van der Waals surface area (Å²) in [4.78, 5) is 31.9. The number of amidine groups is 1. The molecule has 30 heavy (non-hydrogen) atoms. The molecule has 9 heteroatoms. The van der Waals surface area contributed by atoms with Crippen molar-refractivity contribution >= 4 is 51.7 Å². The Hall–Kier alpha value is -2.39. The molecule has 2 amide bonds. The van der Waals surface area contributed by atoms with Crippen molar-refractivity contribution < 1.29 is 9.59 Å². The predicted molar refractivity (Wildman–Crippen MR) is 122 cm³/mol. The lowest BCUT2D eigenvalue weighted by Gasteiger charge is -2.32. The highest BCUT2D eigenvalue weighted by molar-refractivity contribution is 8.14. The number of nitrogens with zero attached hydrogens (tertiary/aromatic N) is 2. The second-order valence-electron chi connectivity index (χ2n) is 7.30. The first-order valence-corrected chi connectivity index (χ1v) is 10.9. The summed E-state index contributed by atoms with van der Waals surface area (Å²) in [5.74, 6) is -0.425. The minimum Gasteiger partial charge on any atom is -0.325 e. The number of benzene rings is 2. The van der Waals surface area contributed by atoms with E-state index >= 15 is 0 Å². The first-order valence-electron chi connectivity index (χ1n) is 9.58. The van der Waals surface area contributed by atoms with Gasteiger partial charge in [0.15, 0.2) is 5.17 Å². The van der Waals surface area contributed by atoms with E-state index in [4.69, 9.17) is 11.6 Å². The molecule has 0 radical (unpaired) electrons. The van der Waals surface area contributed by atoms with Crippen LogP contribution < -0.4 is 21.1 Å². The maximum atomic E-state index is 13.2. The van der Waals surface area contributed by atoms with Crippen molar-refractivity contribution in [2.24, 2.45) is 10.9 Å². The highest BCUT2D eigenvalue weighted by Gasteiger charge is 2.42. The summed E-state index contributed by atoms with van der Waals surface area (Å²) in [5, 5.41) is 3.91. The molecule has 7 nitrogen and oxygen atoms in total. The number of fused-ring (bicyclic) bond motifs is 1. The third-order valence-electron chi connectivity index (χ3n) is 5.01. The van der Waals surface area contributed by atoms with Crippen LogP contribution in [0.15, 0.2) is 47.5 Å². The number of nitrogens with one attached hydrogen (secondary N) is 3. The molecule has 0 spiro atoms. The number of hydrazine groups is 1. The van der Waals surface area contributed by atoms with Crippen LogP contribution in [0.25, 0.3) is 0 Å². The Morgan fingerprint density at radius 2 is 2.03 bits per heavy atom. The van der Waals surface area contributed by atoms with E-state index in [1.807, 2.05) is 50.2 Å². The molecule has 2 aromatic carbocycles. The lowest BCUT2D eigenvalue weighted by Crippen LogP contribution is -2.49. The third-order valence-corrected chi connectivity index (χ3v) is 6.37. The van der Waals surface area contributed by atoms with Gasteiger partial charge in [-0.15, -0.1) is 0 Å². The van der Waals surface area contributed by atoms with Gasteiger partial charge in [-0.05, 0) is 43.7 Å². The van der Waals surface area contributed by atoms with Gasteiger partial charge in [0.05, 0.1) is 17.4 Å². The second-order valence-corrected chi connectivity index (χ2v) is 8.65. The van der Waals surface area contributed by atoms with Gasteiger partial charge in [0.1, 0.15) is 6.17 Å². The van der Waals surface area contributed by atoms with E-state index < -0.39 is 0 Å². The fraction of sp³-hybridized carbons (Fsp3) is 0.286. The molecular formula is C21H22ClN5O2S. The number of halogens is 1. The Labute approximate surface area is 184 Å². The number of aliphatic imine (C=N–C) groups is 1. The summed E-state index contributed by atoms with van der Waals surface area (Å²) in [6.07, 6.45) is -0.350. The van der Waals surface area contributed by atoms with E-state index in [2.05, 4.69) is 21.2 Å². The van der Waals surface area contributed by atoms with Gasteiger partial charge in [0.2, 0.25) is 11.8 Å². The molecule has 2 aliphatic heterocycles. The van der Waals surface area contributed by atoms with Crippen LogP contribution in [0.2, 0.25) is 5.02 Å². The smallest absolute Gasteiger partial charge is 0.241 e. The predicted octanol–water partition coefficient (Wildman–Crippen LogP) is 3.08. The average molecular weight is 444 g/mol. The third kappa shape index (κ3) is 4.37. The van der Waals surface area contributed by atoms with Gasteiger partial charge in [0.25, 0.3) is 0 Å². The van der Waals surface area contributed by atoms with Crippen molar-refractivity contribution in [3.05, 3.63) is 58.6 Å². The van der Waals surface area contributed by atoms with Crippen molar-refractivity contribution in [3.63, 3.8) is 0 Å². The van der Waals surface area contributed by atoms with Crippen molar-refractivity contribution in [2.45, 2.75) is 20.0 Å². The van der Waals surface area contributed by atoms with Crippen LogP contribution in [0.5, 0.6) is 0 Å². The normalized spacial score (nSPS) is 20.7. The van der Waals surface area contributed by atoms with Crippen LogP contribution in [0, 0.1) is 19.8 Å². The van der Waals surface area contributed by atoms with E-state index in [-0.39, 0.29) is 29.7 Å². The number of carbonyl (C=O) groups excluding carboxylic acids is 2. The number of hydrogen-bond acceptors (Lipinski definition) is 6. The van der Waals surface area contributed by atoms with Crippen molar-refractivity contribution in [1.29, 1.82) is 0 Å². The summed E-state index contributed by atoms with van der Waals surface area (Å²) in [5.41, 5.74) is 9.44. The molecule has 0 saturated carbocycles. The van der Waals surface area contributed by atoms with Crippen LogP contribution in [-0.2, 0) is 9.59 Å². The van der Waals surface area contributed by atoms with Crippen molar-refractivity contribution in [1.82, 2.24) is 10.9 Å². The topological polar surface area (TPSA) is 85.8 Å².